The number of carbonyl (C=O) groups is 2. The van der Waals surface area contributed by atoms with Crippen molar-refractivity contribution in [3.8, 4) is 11.5 Å². The van der Waals surface area contributed by atoms with E-state index in [9.17, 15) is 14.7 Å². The quantitative estimate of drug-likeness (QED) is 0.128. The summed E-state index contributed by atoms with van der Waals surface area (Å²) < 4.78 is 11.4. The summed E-state index contributed by atoms with van der Waals surface area (Å²) >= 11 is 0. The molecule has 43 heavy (non-hydrogen) atoms. The zero-order chi connectivity index (χ0) is 30.2. The molecule has 8 heteroatoms. The second kappa shape index (κ2) is 11.1. The summed E-state index contributed by atoms with van der Waals surface area (Å²) in [5.74, 6) is -0.460. The van der Waals surface area contributed by atoms with E-state index in [1.54, 1.807) is 49.6 Å². The molecular formula is C35H31N3O5. The van der Waals surface area contributed by atoms with Crippen LogP contribution >= 0.6 is 0 Å². The van der Waals surface area contributed by atoms with Crippen molar-refractivity contribution in [2.75, 3.05) is 12.0 Å². The molecule has 5 aromatic rings. The number of carbonyl (C=O) groups excluding carboxylic acids is 2. The molecule has 1 unspecified atom stereocenters. The van der Waals surface area contributed by atoms with Crippen LogP contribution in [0.2, 0.25) is 0 Å². The third kappa shape index (κ3) is 5.12. The maximum atomic E-state index is 13.7. The number of aromatic amines is 1. The smallest absolute Gasteiger partial charge is 0.302 e. The van der Waals surface area contributed by atoms with Crippen molar-refractivity contribution < 1.29 is 24.2 Å². The summed E-state index contributed by atoms with van der Waals surface area (Å²) in [7, 11) is 1.55. The van der Waals surface area contributed by atoms with E-state index in [0.717, 1.165) is 27.8 Å². The maximum absolute atomic E-state index is 13.7. The van der Waals surface area contributed by atoms with E-state index < -0.39 is 17.7 Å². The third-order valence-electron chi connectivity index (χ3n) is 7.85. The molecule has 2 N–H and O–H groups in total. The van der Waals surface area contributed by atoms with Gasteiger partial charge in [-0.1, -0.05) is 42.5 Å². The molecule has 1 saturated heterocycles. The zero-order valence-electron chi connectivity index (χ0n) is 24.3. The normalized spacial score (nSPS) is 16.2. The number of hydrogen-bond donors (Lipinski definition) is 2. The molecule has 1 fully saturated rings. The summed E-state index contributed by atoms with van der Waals surface area (Å²) in [6.07, 6.45) is 0. The lowest BCUT2D eigenvalue weighted by Gasteiger charge is -2.23. The Labute approximate surface area is 249 Å². The Morgan fingerprint density at radius 3 is 2.42 bits per heavy atom. The summed E-state index contributed by atoms with van der Waals surface area (Å²) in [5, 5.41) is 11.6. The van der Waals surface area contributed by atoms with Crippen LogP contribution < -0.4 is 14.4 Å². The molecule has 0 bridgehead atoms. The van der Waals surface area contributed by atoms with Crippen molar-refractivity contribution >= 4 is 34.4 Å². The number of aliphatic hydroxyl groups is 1. The number of anilines is 1. The van der Waals surface area contributed by atoms with Crippen LogP contribution in [0.4, 0.5) is 5.95 Å². The van der Waals surface area contributed by atoms with Gasteiger partial charge in [0.1, 0.15) is 23.9 Å². The van der Waals surface area contributed by atoms with Crippen LogP contribution in [-0.2, 0) is 16.2 Å². The SMILES string of the molecule is COc1cccc(C2/C(=C(\O)c3ccc(OCc4ccccc4)c(C)c3)C(=O)C(=O)N2c2nc3cc(C)c(C)cc3[nH]2)c1. The van der Waals surface area contributed by atoms with Gasteiger partial charge >= 0.3 is 5.91 Å². The number of methoxy groups -OCH3 is 1. The number of imidazole rings is 1. The van der Waals surface area contributed by atoms with E-state index in [0.29, 0.717) is 34.7 Å². The Kier molecular flexibility index (Phi) is 7.19. The average molecular weight is 574 g/mol. The van der Waals surface area contributed by atoms with E-state index in [4.69, 9.17) is 9.47 Å². The van der Waals surface area contributed by atoms with Crippen LogP contribution in [0.3, 0.4) is 0 Å². The van der Waals surface area contributed by atoms with E-state index in [-0.39, 0.29) is 17.3 Å². The highest BCUT2D eigenvalue weighted by atomic mass is 16.5. The second-order valence-corrected chi connectivity index (χ2v) is 10.7. The van der Waals surface area contributed by atoms with Gasteiger partial charge in [-0.3, -0.25) is 14.5 Å². The van der Waals surface area contributed by atoms with Crippen LogP contribution in [0.25, 0.3) is 16.8 Å². The number of aryl methyl sites for hydroxylation is 3. The molecule has 8 nitrogen and oxygen atoms in total. The molecule has 1 amide bonds. The lowest BCUT2D eigenvalue weighted by Crippen LogP contribution is -2.30. The minimum atomic E-state index is -0.952. The molecular weight excluding hydrogens is 542 g/mol. The van der Waals surface area contributed by atoms with Crippen LogP contribution in [0.15, 0.2) is 90.5 Å². The van der Waals surface area contributed by atoms with Crippen molar-refractivity contribution in [1.29, 1.82) is 0 Å². The lowest BCUT2D eigenvalue weighted by atomic mass is 9.94. The largest absolute Gasteiger partial charge is 0.507 e. The first-order chi connectivity index (χ1) is 20.7. The van der Waals surface area contributed by atoms with Crippen LogP contribution in [-0.4, -0.2) is 33.9 Å². The highest BCUT2D eigenvalue weighted by molar-refractivity contribution is 6.51. The van der Waals surface area contributed by atoms with Crippen molar-refractivity contribution in [3.63, 3.8) is 0 Å². The first-order valence-corrected chi connectivity index (χ1v) is 13.9. The first kappa shape index (κ1) is 27.8. The molecule has 0 spiro atoms. The fraction of sp³-hybridized carbons (Fsp3) is 0.171. The van der Waals surface area contributed by atoms with E-state index in [1.165, 1.54) is 4.90 Å². The summed E-state index contributed by atoms with van der Waals surface area (Å²) in [5.41, 5.74) is 6.29. The number of ketones is 1. The van der Waals surface area contributed by atoms with E-state index in [1.807, 2.05) is 63.2 Å². The monoisotopic (exact) mass is 573 g/mol. The number of amides is 1. The molecule has 1 aliphatic rings. The van der Waals surface area contributed by atoms with Crippen molar-refractivity contribution in [3.05, 3.63) is 124 Å². The van der Waals surface area contributed by atoms with Gasteiger partial charge in [0.25, 0.3) is 5.78 Å². The predicted octanol–water partition coefficient (Wildman–Crippen LogP) is 6.70. The van der Waals surface area contributed by atoms with Crippen molar-refractivity contribution in [1.82, 2.24) is 9.97 Å². The highest BCUT2D eigenvalue weighted by Gasteiger charge is 2.48. The van der Waals surface area contributed by atoms with Crippen molar-refractivity contribution in [2.24, 2.45) is 0 Å². The van der Waals surface area contributed by atoms with Gasteiger partial charge in [0, 0.05) is 5.56 Å². The average Bonchev–Trinajstić information content (AvgIpc) is 3.53. The van der Waals surface area contributed by atoms with Gasteiger partial charge in [-0.25, -0.2) is 4.98 Å². The molecule has 1 aromatic heterocycles. The number of Topliss-reactive ketones (excluding diaryl/α,β-unsaturated/α-hetero) is 1. The predicted molar refractivity (Wildman–Crippen MR) is 165 cm³/mol. The number of rotatable bonds is 7. The topological polar surface area (TPSA) is 105 Å². The standard InChI is InChI=1S/C35H31N3O5/c1-20-16-27-28(17-21(20)2)37-35(36-27)38-31(24-11-8-12-26(18-24)42-4)30(33(40)34(38)41)32(39)25-13-14-29(22(3)15-25)43-19-23-9-6-5-7-10-23/h5-18,31,39H,19H2,1-4H3,(H,36,37)/b32-30+. The second-order valence-electron chi connectivity index (χ2n) is 10.7. The number of benzene rings is 4. The Hall–Kier alpha value is -5.37. The molecule has 216 valence electrons. The minimum Gasteiger partial charge on any atom is -0.507 e. The Morgan fingerprint density at radius 2 is 1.67 bits per heavy atom. The van der Waals surface area contributed by atoms with Gasteiger partial charge in [-0.15, -0.1) is 0 Å². The number of nitrogens with one attached hydrogen (secondary N) is 1. The molecule has 1 aliphatic heterocycles. The third-order valence-corrected chi connectivity index (χ3v) is 7.85. The lowest BCUT2D eigenvalue weighted by molar-refractivity contribution is -0.132. The fourth-order valence-electron chi connectivity index (χ4n) is 5.40. The Morgan fingerprint density at radius 1 is 0.907 bits per heavy atom. The van der Waals surface area contributed by atoms with Crippen LogP contribution in [0, 0.1) is 20.8 Å². The minimum absolute atomic E-state index is 0.0385. The van der Waals surface area contributed by atoms with Gasteiger partial charge in [0.15, 0.2) is 0 Å². The summed E-state index contributed by atoms with van der Waals surface area (Å²) in [6, 6.07) is 25.1. The Balaban J connectivity index is 1.44. The number of fused-ring (bicyclic) bond motifs is 1. The first-order valence-electron chi connectivity index (χ1n) is 13.9. The van der Waals surface area contributed by atoms with Crippen molar-refractivity contribution in [2.45, 2.75) is 33.4 Å². The highest BCUT2D eigenvalue weighted by Crippen LogP contribution is 2.43. The van der Waals surface area contributed by atoms with Gasteiger partial charge in [0.05, 0.1) is 29.8 Å². The molecule has 2 heterocycles. The molecule has 4 aromatic carbocycles. The molecule has 0 aliphatic carbocycles. The maximum Gasteiger partial charge on any atom is 0.302 e. The van der Waals surface area contributed by atoms with Crippen LogP contribution in [0.1, 0.15) is 39.4 Å². The number of aromatic nitrogens is 2. The molecule has 0 saturated carbocycles. The fourth-order valence-corrected chi connectivity index (χ4v) is 5.40. The van der Waals surface area contributed by atoms with Crippen LogP contribution in [0.5, 0.6) is 11.5 Å². The molecule has 1 atom stereocenters. The summed E-state index contributed by atoms with van der Waals surface area (Å²) in [4.78, 5) is 36.5. The van der Waals surface area contributed by atoms with Gasteiger partial charge in [-0.05, 0) is 91.1 Å². The number of hydrogen-bond acceptors (Lipinski definition) is 6. The Bertz CT molecular complexity index is 1870. The van der Waals surface area contributed by atoms with Gasteiger partial charge < -0.3 is 19.6 Å². The number of nitrogens with zero attached hydrogens (tertiary/aromatic N) is 2. The molecule has 6 rings (SSSR count). The number of H-pyrrole nitrogens is 1. The zero-order valence-corrected chi connectivity index (χ0v) is 24.3. The van der Waals surface area contributed by atoms with Gasteiger partial charge in [-0.2, -0.15) is 0 Å². The van der Waals surface area contributed by atoms with Gasteiger partial charge in [0.2, 0.25) is 5.95 Å². The van der Waals surface area contributed by atoms with E-state index in [2.05, 4.69) is 9.97 Å². The summed E-state index contributed by atoms with van der Waals surface area (Å²) in [6.45, 7) is 6.25. The van der Waals surface area contributed by atoms with E-state index >= 15 is 0 Å². The molecule has 0 radical (unpaired) electrons. The number of aliphatic hydroxyl groups excluding tert-OH is 1. The number of ether oxygens (including phenoxy) is 2.